The number of carbonyl (C=O) groups is 1. The predicted octanol–water partition coefficient (Wildman–Crippen LogP) is -2.44. The summed E-state index contributed by atoms with van der Waals surface area (Å²) in [5.74, 6) is 4.60. The molecule has 7 heteroatoms. The molecule has 0 fully saturated rings. The standard InChI is InChI=1S/C8H20N4O3/c9-8(13)7-15-5-2-11-1-4-14-6-3-12-10/h11-12H,1-7,10H2,(H2,9,13). The zero-order valence-electron chi connectivity index (χ0n) is 8.83. The van der Waals surface area contributed by atoms with Crippen LogP contribution in [0.3, 0.4) is 0 Å². The maximum atomic E-state index is 10.3. The van der Waals surface area contributed by atoms with Crippen LogP contribution in [0.25, 0.3) is 0 Å². The van der Waals surface area contributed by atoms with Crippen LogP contribution in [0.5, 0.6) is 0 Å². The number of nitrogens with one attached hydrogen (secondary N) is 2. The minimum Gasteiger partial charge on any atom is -0.379 e. The van der Waals surface area contributed by atoms with Gasteiger partial charge in [0.1, 0.15) is 6.61 Å². The highest BCUT2D eigenvalue weighted by Gasteiger charge is 1.93. The summed E-state index contributed by atoms with van der Waals surface area (Å²) in [4.78, 5) is 10.3. The Morgan fingerprint density at radius 2 is 1.67 bits per heavy atom. The summed E-state index contributed by atoms with van der Waals surface area (Å²) in [7, 11) is 0. The number of nitrogens with two attached hydrogens (primary N) is 2. The minimum absolute atomic E-state index is 0.0274. The van der Waals surface area contributed by atoms with Crippen molar-refractivity contribution in [2.75, 3.05) is 46.1 Å². The van der Waals surface area contributed by atoms with Crippen molar-refractivity contribution in [3.05, 3.63) is 0 Å². The number of rotatable bonds is 11. The lowest BCUT2D eigenvalue weighted by atomic mass is 10.6. The van der Waals surface area contributed by atoms with E-state index in [0.29, 0.717) is 32.9 Å². The zero-order chi connectivity index (χ0) is 11.4. The Kier molecular flexibility index (Phi) is 10.8. The molecule has 0 aliphatic heterocycles. The van der Waals surface area contributed by atoms with E-state index in [9.17, 15) is 4.79 Å². The molecule has 0 aromatic carbocycles. The van der Waals surface area contributed by atoms with Gasteiger partial charge in [0, 0.05) is 19.6 Å². The quantitative estimate of drug-likeness (QED) is 0.175. The average molecular weight is 220 g/mol. The number of amides is 1. The number of primary amides is 1. The van der Waals surface area contributed by atoms with Crippen molar-refractivity contribution >= 4 is 5.91 Å². The number of hydrogen-bond acceptors (Lipinski definition) is 6. The molecule has 0 spiro atoms. The summed E-state index contributed by atoms with van der Waals surface area (Å²) in [6.07, 6.45) is 0. The van der Waals surface area contributed by atoms with Crippen LogP contribution < -0.4 is 22.3 Å². The van der Waals surface area contributed by atoms with Gasteiger partial charge in [-0.3, -0.25) is 16.1 Å². The molecule has 0 rings (SSSR count). The van der Waals surface area contributed by atoms with Crippen LogP contribution in [0.15, 0.2) is 0 Å². The van der Waals surface area contributed by atoms with E-state index in [1.54, 1.807) is 0 Å². The van der Waals surface area contributed by atoms with Crippen LogP contribution in [0.2, 0.25) is 0 Å². The van der Waals surface area contributed by atoms with Crippen molar-refractivity contribution in [3.63, 3.8) is 0 Å². The lowest BCUT2D eigenvalue weighted by Gasteiger charge is -2.05. The van der Waals surface area contributed by atoms with Gasteiger partial charge in [-0.15, -0.1) is 0 Å². The third-order valence-electron chi connectivity index (χ3n) is 1.48. The summed E-state index contributed by atoms with van der Waals surface area (Å²) in [5.41, 5.74) is 7.37. The Morgan fingerprint density at radius 1 is 1.07 bits per heavy atom. The van der Waals surface area contributed by atoms with Gasteiger partial charge in [0.15, 0.2) is 0 Å². The minimum atomic E-state index is -0.451. The van der Waals surface area contributed by atoms with E-state index in [1.165, 1.54) is 0 Å². The Morgan fingerprint density at radius 3 is 2.27 bits per heavy atom. The second-order valence-corrected chi connectivity index (χ2v) is 2.84. The molecular formula is C8H20N4O3. The van der Waals surface area contributed by atoms with Gasteiger partial charge in [0.05, 0.1) is 19.8 Å². The first-order valence-electron chi connectivity index (χ1n) is 4.85. The Balaban J connectivity index is 2.89. The summed E-state index contributed by atoms with van der Waals surface area (Å²) >= 11 is 0. The summed E-state index contributed by atoms with van der Waals surface area (Å²) in [5, 5.41) is 3.08. The van der Waals surface area contributed by atoms with Gasteiger partial charge in [-0.05, 0) is 0 Å². The van der Waals surface area contributed by atoms with Crippen molar-refractivity contribution in [1.82, 2.24) is 10.7 Å². The first-order valence-corrected chi connectivity index (χ1v) is 4.85. The van der Waals surface area contributed by atoms with Crippen LogP contribution in [-0.4, -0.2) is 52.0 Å². The van der Waals surface area contributed by atoms with Crippen LogP contribution >= 0.6 is 0 Å². The molecule has 0 heterocycles. The average Bonchev–Trinajstić information content (AvgIpc) is 2.20. The van der Waals surface area contributed by atoms with E-state index in [1.807, 2.05) is 0 Å². The topological polar surface area (TPSA) is 112 Å². The second-order valence-electron chi connectivity index (χ2n) is 2.84. The van der Waals surface area contributed by atoms with E-state index in [2.05, 4.69) is 10.7 Å². The van der Waals surface area contributed by atoms with E-state index >= 15 is 0 Å². The molecule has 15 heavy (non-hydrogen) atoms. The van der Waals surface area contributed by atoms with Gasteiger partial charge >= 0.3 is 0 Å². The van der Waals surface area contributed by atoms with Crippen molar-refractivity contribution < 1.29 is 14.3 Å². The molecule has 1 amide bonds. The first kappa shape index (κ1) is 14.3. The molecule has 0 saturated carbocycles. The normalized spacial score (nSPS) is 10.5. The zero-order valence-corrected chi connectivity index (χ0v) is 8.83. The van der Waals surface area contributed by atoms with Crippen molar-refractivity contribution in [1.29, 1.82) is 0 Å². The van der Waals surface area contributed by atoms with E-state index in [4.69, 9.17) is 21.1 Å². The molecule has 0 saturated heterocycles. The van der Waals surface area contributed by atoms with Crippen molar-refractivity contribution in [3.8, 4) is 0 Å². The summed E-state index contributed by atoms with van der Waals surface area (Å²) in [6.45, 7) is 3.71. The fourth-order valence-electron chi connectivity index (χ4n) is 0.820. The number of ether oxygens (including phenoxy) is 2. The fraction of sp³-hybridized carbons (Fsp3) is 0.875. The van der Waals surface area contributed by atoms with E-state index in [-0.39, 0.29) is 6.61 Å². The van der Waals surface area contributed by atoms with Crippen LogP contribution in [0.1, 0.15) is 0 Å². The highest BCUT2D eigenvalue weighted by Crippen LogP contribution is 1.74. The highest BCUT2D eigenvalue weighted by atomic mass is 16.5. The van der Waals surface area contributed by atoms with Gasteiger partial charge < -0.3 is 20.5 Å². The van der Waals surface area contributed by atoms with Crippen molar-refractivity contribution in [2.45, 2.75) is 0 Å². The molecule has 7 nitrogen and oxygen atoms in total. The maximum absolute atomic E-state index is 10.3. The Bertz CT molecular complexity index is 157. The number of carbonyl (C=O) groups excluding carboxylic acids is 1. The molecule has 0 radical (unpaired) electrons. The largest absolute Gasteiger partial charge is 0.379 e. The molecule has 0 unspecified atom stereocenters. The molecule has 0 aromatic rings. The van der Waals surface area contributed by atoms with Gasteiger partial charge in [-0.1, -0.05) is 0 Å². The molecule has 0 aromatic heterocycles. The van der Waals surface area contributed by atoms with Gasteiger partial charge in [-0.2, -0.15) is 0 Å². The monoisotopic (exact) mass is 220 g/mol. The van der Waals surface area contributed by atoms with Gasteiger partial charge in [0.2, 0.25) is 5.91 Å². The lowest BCUT2D eigenvalue weighted by Crippen LogP contribution is -2.29. The maximum Gasteiger partial charge on any atom is 0.243 e. The molecule has 0 aliphatic carbocycles. The number of hydrogen-bond donors (Lipinski definition) is 4. The van der Waals surface area contributed by atoms with Crippen molar-refractivity contribution in [2.24, 2.45) is 11.6 Å². The highest BCUT2D eigenvalue weighted by molar-refractivity contribution is 5.74. The summed E-state index contributed by atoms with van der Waals surface area (Å²) in [6, 6.07) is 0. The SMILES string of the molecule is NNCCOCCNCCOCC(N)=O. The Hall–Kier alpha value is -0.730. The van der Waals surface area contributed by atoms with E-state index < -0.39 is 5.91 Å². The van der Waals surface area contributed by atoms with Gasteiger partial charge in [0.25, 0.3) is 0 Å². The molecule has 0 aliphatic rings. The third-order valence-corrected chi connectivity index (χ3v) is 1.48. The first-order chi connectivity index (χ1) is 7.27. The molecule has 0 atom stereocenters. The van der Waals surface area contributed by atoms with Crippen LogP contribution in [-0.2, 0) is 14.3 Å². The molecule has 6 N–H and O–H groups in total. The smallest absolute Gasteiger partial charge is 0.243 e. The van der Waals surface area contributed by atoms with Crippen LogP contribution in [0, 0.1) is 0 Å². The predicted molar refractivity (Wildman–Crippen MR) is 55.9 cm³/mol. The molecule has 90 valence electrons. The molecular weight excluding hydrogens is 200 g/mol. The Labute approximate surface area is 89.4 Å². The van der Waals surface area contributed by atoms with Crippen LogP contribution in [0.4, 0.5) is 0 Å². The fourth-order valence-corrected chi connectivity index (χ4v) is 0.820. The van der Waals surface area contributed by atoms with Gasteiger partial charge in [-0.25, -0.2) is 0 Å². The van der Waals surface area contributed by atoms with E-state index in [0.717, 1.165) is 6.54 Å². The second kappa shape index (κ2) is 11.3. The number of hydrazine groups is 1. The summed E-state index contributed by atoms with van der Waals surface area (Å²) < 4.78 is 10.1. The third kappa shape index (κ3) is 13.3. The molecule has 0 bridgehead atoms. The lowest BCUT2D eigenvalue weighted by molar-refractivity contribution is -0.122.